The number of ether oxygens (including phenoxy) is 1. The average molecular weight is 257 g/mol. The van der Waals surface area contributed by atoms with Crippen molar-refractivity contribution in [2.24, 2.45) is 0 Å². The van der Waals surface area contributed by atoms with Crippen molar-refractivity contribution in [3.63, 3.8) is 0 Å². The number of rotatable bonds is 6. The molecule has 5 nitrogen and oxygen atoms in total. The fraction of sp³-hybridized carbons (Fsp3) is 0.818. The second-order valence-electron chi connectivity index (χ2n) is 4.06. The third kappa shape index (κ3) is 4.29. The number of morpholine rings is 1. The molecule has 96 valence electrons. The first-order valence-corrected chi connectivity index (χ1v) is 7.25. The van der Waals surface area contributed by atoms with E-state index in [4.69, 9.17) is 9.26 Å². The summed E-state index contributed by atoms with van der Waals surface area (Å²) in [6.45, 7) is 4.72. The molecular weight excluding hydrogens is 238 g/mol. The Morgan fingerprint density at radius 2 is 2.47 bits per heavy atom. The van der Waals surface area contributed by atoms with Gasteiger partial charge in [-0.3, -0.25) is 0 Å². The lowest BCUT2D eigenvalue weighted by molar-refractivity contribution is 0.0246. The van der Waals surface area contributed by atoms with Crippen molar-refractivity contribution in [3.8, 4) is 0 Å². The molecule has 1 saturated heterocycles. The van der Waals surface area contributed by atoms with E-state index >= 15 is 0 Å². The van der Waals surface area contributed by atoms with Crippen molar-refractivity contribution in [3.05, 3.63) is 11.7 Å². The van der Waals surface area contributed by atoms with Crippen LogP contribution in [0.15, 0.2) is 4.52 Å². The molecule has 1 atom stereocenters. The van der Waals surface area contributed by atoms with Crippen molar-refractivity contribution >= 4 is 11.8 Å². The topological polar surface area (TPSA) is 60.2 Å². The number of hydrogen-bond acceptors (Lipinski definition) is 6. The Morgan fingerprint density at radius 3 is 3.24 bits per heavy atom. The summed E-state index contributed by atoms with van der Waals surface area (Å²) in [7, 11) is 0. The van der Waals surface area contributed by atoms with Crippen LogP contribution in [0.2, 0.25) is 0 Å². The van der Waals surface area contributed by atoms with Gasteiger partial charge in [0, 0.05) is 13.1 Å². The van der Waals surface area contributed by atoms with E-state index in [0.29, 0.717) is 12.3 Å². The van der Waals surface area contributed by atoms with Gasteiger partial charge in [-0.1, -0.05) is 12.1 Å². The average Bonchev–Trinajstić information content (AvgIpc) is 2.79. The Morgan fingerprint density at radius 1 is 1.53 bits per heavy atom. The maximum Gasteiger partial charge on any atom is 0.229 e. The first kappa shape index (κ1) is 12.9. The van der Waals surface area contributed by atoms with Crippen LogP contribution in [-0.4, -0.2) is 41.7 Å². The lowest BCUT2D eigenvalue weighted by Crippen LogP contribution is -2.39. The molecule has 1 aromatic rings. The van der Waals surface area contributed by atoms with Crippen LogP contribution in [-0.2, 0) is 16.9 Å². The van der Waals surface area contributed by atoms with Crippen LogP contribution in [0.25, 0.3) is 0 Å². The highest BCUT2D eigenvalue weighted by Gasteiger charge is 2.17. The van der Waals surface area contributed by atoms with Crippen molar-refractivity contribution in [1.82, 2.24) is 15.5 Å². The van der Waals surface area contributed by atoms with Crippen LogP contribution < -0.4 is 5.32 Å². The van der Waals surface area contributed by atoms with E-state index in [9.17, 15) is 0 Å². The summed E-state index contributed by atoms with van der Waals surface area (Å²) in [5, 5.41) is 7.26. The first-order chi connectivity index (χ1) is 8.38. The van der Waals surface area contributed by atoms with E-state index in [2.05, 4.69) is 22.4 Å². The smallest absolute Gasteiger partial charge is 0.229 e. The molecule has 1 N–H and O–H groups in total. The third-order valence-electron chi connectivity index (χ3n) is 2.50. The van der Waals surface area contributed by atoms with Gasteiger partial charge in [-0.05, 0) is 12.2 Å². The molecule has 1 aliphatic rings. The Bertz CT molecular complexity index is 326. The van der Waals surface area contributed by atoms with Crippen LogP contribution in [0.1, 0.15) is 25.1 Å². The first-order valence-electron chi connectivity index (χ1n) is 6.10. The van der Waals surface area contributed by atoms with Gasteiger partial charge >= 0.3 is 0 Å². The minimum atomic E-state index is 0.167. The van der Waals surface area contributed by atoms with Crippen molar-refractivity contribution in [2.75, 3.05) is 25.4 Å². The normalized spacial score (nSPS) is 20.6. The maximum absolute atomic E-state index is 5.59. The Balaban J connectivity index is 1.76. The van der Waals surface area contributed by atoms with Gasteiger partial charge in [-0.15, -0.1) is 0 Å². The highest BCUT2D eigenvalue weighted by atomic mass is 32.2. The molecule has 2 rings (SSSR count). The molecule has 1 fully saturated rings. The SMILES string of the molecule is CCCSCc1noc(CC2CNCCO2)n1. The van der Waals surface area contributed by atoms with Gasteiger partial charge in [0.05, 0.1) is 24.9 Å². The largest absolute Gasteiger partial charge is 0.375 e. The maximum atomic E-state index is 5.59. The highest BCUT2D eigenvalue weighted by molar-refractivity contribution is 7.98. The second-order valence-corrected chi connectivity index (χ2v) is 5.16. The predicted octanol–water partition coefficient (Wildman–Crippen LogP) is 1.24. The monoisotopic (exact) mass is 257 g/mol. The van der Waals surface area contributed by atoms with E-state index in [1.54, 1.807) is 0 Å². The summed E-state index contributed by atoms with van der Waals surface area (Å²) in [5.41, 5.74) is 0. The summed E-state index contributed by atoms with van der Waals surface area (Å²) in [6, 6.07) is 0. The number of nitrogens with one attached hydrogen (secondary N) is 1. The Hall–Kier alpha value is -0.590. The van der Waals surface area contributed by atoms with Crippen molar-refractivity contribution in [2.45, 2.75) is 31.6 Å². The summed E-state index contributed by atoms with van der Waals surface area (Å²) in [6.07, 6.45) is 2.05. The van der Waals surface area contributed by atoms with E-state index < -0.39 is 0 Å². The highest BCUT2D eigenvalue weighted by Crippen LogP contribution is 2.12. The molecule has 0 aliphatic carbocycles. The minimum Gasteiger partial charge on any atom is -0.375 e. The summed E-state index contributed by atoms with van der Waals surface area (Å²) >= 11 is 1.84. The molecular formula is C11H19N3O2S. The molecule has 0 spiro atoms. The quantitative estimate of drug-likeness (QED) is 0.774. The number of thioether (sulfide) groups is 1. The van der Waals surface area contributed by atoms with Gasteiger partial charge < -0.3 is 14.6 Å². The van der Waals surface area contributed by atoms with Crippen LogP contribution in [0.4, 0.5) is 0 Å². The van der Waals surface area contributed by atoms with E-state index in [0.717, 1.165) is 37.0 Å². The molecule has 0 amide bonds. The van der Waals surface area contributed by atoms with Crippen LogP contribution in [0.5, 0.6) is 0 Å². The standard InChI is InChI=1S/C11H19N3O2S/c1-2-5-17-8-10-13-11(16-14-10)6-9-7-12-3-4-15-9/h9,12H,2-8H2,1H3. The molecule has 6 heteroatoms. The fourth-order valence-corrected chi connectivity index (χ4v) is 2.42. The molecule has 17 heavy (non-hydrogen) atoms. The molecule has 2 heterocycles. The fourth-order valence-electron chi connectivity index (χ4n) is 1.69. The molecule has 1 aliphatic heterocycles. The van der Waals surface area contributed by atoms with Crippen LogP contribution >= 0.6 is 11.8 Å². The predicted molar refractivity (Wildman–Crippen MR) is 67.1 cm³/mol. The minimum absolute atomic E-state index is 0.167. The summed E-state index contributed by atoms with van der Waals surface area (Å²) < 4.78 is 10.8. The van der Waals surface area contributed by atoms with Gasteiger partial charge in [0.25, 0.3) is 0 Å². The summed E-state index contributed by atoms with van der Waals surface area (Å²) in [4.78, 5) is 4.37. The van der Waals surface area contributed by atoms with Crippen LogP contribution in [0, 0.1) is 0 Å². The molecule has 0 aromatic carbocycles. The molecule has 0 bridgehead atoms. The van der Waals surface area contributed by atoms with Gasteiger partial charge in [0.15, 0.2) is 5.82 Å². The van der Waals surface area contributed by atoms with Gasteiger partial charge in [0.1, 0.15) is 0 Å². The zero-order valence-electron chi connectivity index (χ0n) is 10.1. The van der Waals surface area contributed by atoms with E-state index in [1.807, 2.05) is 11.8 Å². The third-order valence-corrected chi connectivity index (χ3v) is 3.66. The van der Waals surface area contributed by atoms with Crippen LogP contribution in [0.3, 0.4) is 0 Å². The lowest BCUT2D eigenvalue weighted by atomic mass is 10.2. The second kappa shape index (κ2) is 6.98. The Labute approximate surface area is 106 Å². The van der Waals surface area contributed by atoms with E-state index in [-0.39, 0.29) is 6.10 Å². The Kier molecular flexibility index (Phi) is 5.28. The number of hydrogen-bond donors (Lipinski definition) is 1. The van der Waals surface area contributed by atoms with Gasteiger partial charge in [-0.25, -0.2) is 0 Å². The zero-order valence-corrected chi connectivity index (χ0v) is 11.0. The molecule has 1 aromatic heterocycles. The molecule has 0 radical (unpaired) electrons. The van der Waals surface area contributed by atoms with Gasteiger partial charge in [-0.2, -0.15) is 16.7 Å². The van der Waals surface area contributed by atoms with Crippen molar-refractivity contribution in [1.29, 1.82) is 0 Å². The summed E-state index contributed by atoms with van der Waals surface area (Å²) in [5.74, 6) is 3.45. The van der Waals surface area contributed by atoms with E-state index in [1.165, 1.54) is 6.42 Å². The lowest BCUT2D eigenvalue weighted by Gasteiger charge is -2.21. The number of nitrogens with zero attached hydrogens (tertiary/aromatic N) is 2. The number of aromatic nitrogens is 2. The van der Waals surface area contributed by atoms with Crippen molar-refractivity contribution < 1.29 is 9.26 Å². The zero-order chi connectivity index (χ0) is 11.9. The molecule has 1 unspecified atom stereocenters. The van der Waals surface area contributed by atoms with Gasteiger partial charge in [0.2, 0.25) is 5.89 Å². The molecule has 0 saturated carbocycles.